The van der Waals surface area contributed by atoms with Crippen LogP contribution in [0.15, 0.2) is 115 Å². The Hall–Kier alpha value is -3.33. The van der Waals surface area contributed by atoms with Crippen LogP contribution in [-0.2, 0) is 37.9 Å². The second-order valence-electron chi connectivity index (χ2n) is 8.59. The van der Waals surface area contributed by atoms with Crippen LogP contribution >= 0.6 is 27.5 Å². The van der Waals surface area contributed by atoms with E-state index in [9.17, 15) is 21.6 Å². The highest BCUT2D eigenvalue weighted by molar-refractivity contribution is 9.10. The molecule has 214 valence electrons. The Morgan fingerprint density at radius 1 is 0.902 bits per heavy atom. The molecule has 0 aliphatic heterocycles. The molecule has 10 nitrogen and oxygen atoms in total. The Balaban J connectivity index is 1.37. The van der Waals surface area contributed by atoms with Gasteiger partial charge in [-0.05, 0) is 66.2 Å². The molecule has 1 aromatic heterocycles. The molecule has 1 amide bonds. The topological polar surface area (TPSA) is 138 Å². The molecule has 0 atom stereocenters. The van der Waals surface area contributed by atoms with Crippen molar-refractivity contribution < 1.29 is 26.0 Å². The van der Waals surface area contributed by atoms with Crippen LogP contribution in [0.1, 0.15) is 17.1 Å². The normalized spacial score (nSPS) is 12.2. The molecule has 2 N–H and O–H groups in total. The van der Waals surface area contributed by atoms with Crippen molar-refractivity contribution in [2.45, 2.75) is 22.9 Å². The summed E-state index contributed by atoms with van der Waals surface area (Å²) in [5.41, 5.74) is 2.99. The summed E-state index contributed by atoms with van der Waals surface area (Å²) < 4.78 is 61.3. The number of halogens is 2. The zero-order valence-electron chi connectivity index (χ0n) is 21.3. The first-order valence-electron chi connectivity index (χ1n) is 12.0. The van der Waals surface area contributed by atoms with E-state index in [1.165, 1.54) is 42.6 Å². The maximum Gasteiger partial charge on any atom is 0.255 e. The Labute approximate surface area is 251 Å². The van der Waals surface area contributed by atoms with Crippen molar-refractivity contribution in [1.29, 1.82) is 0 Å². The predicted octanol–water partition coefficient (Wildman–Crippen LogP) is 4.52. The molecule has 41 heavy (non-hydrogen) atoms. The number of carbonyl (C=O) groups excluding carboxylic acids is 1. The van der Waals surface area contributed by atoms with Crippen LogP contribution in [0.2, 0.25) is 5.02 Å². The number of sulfonamides is 2. The van der Waals surface area contributed by atoms with E-state index in [-0.39, 0.29) is 28.6 Å². The number of carbonyl (C=O) groups is 1. The lowest BCUT2D eigenvalue weighted by Gasteiger charge is -2.21. The minimum Gasteiger partial charge on any atom is -0.459 e. The van der Waals surface area contributed by atoms with Crippen LogP contribution in [0.4, 0.5) is 0 Å². The largest absolute Gasteiger partial charge is 0.459 e. The molecule has 0 spiro atoms. The van der Waals surface area contributed by atoms with Gasteiger partial charge in [0.15, 0.2) is 0 Å². The van der Waals surface area contributed by atoms with Gasteiger partial charge in [-0.3, -0.25) is 4.79 Å². The number of nitrogens with one attached hydrogen (secondary N) is 2. The molecule has 0 bridgehead atoms. The zero-order valence-corrected chi connectivity index (χ0v) is 25.3. The van der Waals surface area contributed by atoms with E-state index in [4.69, 9.17) is 16.0 Å². The van der Waals surface area contributed by atoms with E-state index < -0.39 is 32.5 Å². The van der Waals surface area contributed by atoms with Gasteiger partial charge in [0.2, 0.25) is 20.0 Å². The quantitative estimate of drug-likeness (QED) is 0.167. The molecule has 0 aliphatic carbocycles. The van der Waals surface area contributed by atoms with E-state index in [0.29, 0.717) is 16.3 Å². The van der Waals surface area contributed by atoms with Crippen LogP contribution in [-0.4, -0.2) is 39.8 Å². The van der Waals surface area contributed by atoms with Gasteiger partial charge >= 0.3 is 0 Å². The second-order valence-corrected chi connectivity index (χ2v) is 13.6. The van der Waals surface area contributed by atoms with Crippen molar-refractivity contribution in [2.75, 3.05) is 6.54 Å². The van der Waals surface area contributed by atoms with Crippen molar-refractivity contribution in [3.63, 3.8) is 0 Å². The summed E-state index contributed by atoms with van der Waals surface area (Å²) >= 11 is 9.17. The van der Waals surface area contributed by atoms with Gasteiger partial charge in [-0.2, -0.15) is 9.41 Å². The summed E-state index contributed by atoms with van der Waals surface area (Å²) in [7, 11) is -7.79. The van der Waals surface area contributed by atoms with Gasteiger partial charge < -0.3 is 4.42 Å². The standard InChI is InChI=1S/C27H24BrClN4O6S2/c28-21-6-12-25(13-7-21)40(35,36)31-17-24-11-10-23(39-24)16-30-32-27(34)19-33(18-20-4-2-1-3-5-20)41(37,38)26-14-8-22(29)9-15-26/h1-16,31H,17-19H2,(H,32,34)/b30-16-. The molecule has 14 heteroatoms. The summed E-state index contributed by atoms with van der Waals surface area (Å²) in [5, 5.41) is 4.23. The second kappa shape index (κ2) is 13.6. The number of amides is 1. The smallest absolute Gasteiger partial charge is 0.255 e. The van der Waals surface area contributed by atoms with Gasteiger partial charge in [0.25, 0.3) is 5.91 Å². The third-order valence-electron chi connectivity index (χ3n) is 5.60. The van der Waals surface area contributed by atoms with Crippen molar-refractivity contribution in [2.24, 2.45) is 5.10 Å². The summed E-state index contributed by atoms with van der Waals surface area (Å²) in [5.74, 6) is -0.108. The SMILES string of the molecule is O=C(CN(Cc1ccccc1)S(=O)(=O)c1ccc(Cl)cc1)N/N=C\c1ccc(CNS(=O)(=O)c2ccc(Br)cc2)o1. The maximum atomic E-state index is 13.3. The van der Waals surface area contributed by atoms with Crippen LogP contribution < -0.4 is 10.1 Å². The van der Waals surface area contributed by atoms with Gasteiger partial charge in [0.05, 0.1) is 29.1 Å². The molecule has 0 radical (unpaired) electrons. The average molecular weight is 680 g/mol. The zero-order chi connectivity index (χ0) is 29.5. The minimum atomic E-state index is -4.04. The van der Waals surface area contributed by atoms with Crippen molar-refractivity contribution in [3.8, 4) is 0 Å². The number of benzene rings is 3. The first-order chi connectivity index (χ1) is 19.5. The summed E-state index contributed by atoms with van der Waals surface area (Å²) in [4.78, 5) is 12.8. The fourth-order valence-electron chi connectivity index (χ4n) is 3.55. The fraction of sp³-hybridized carbons (Fsp3) is 0.111. The lowest BCUT2D eigenvalue weighted by molar-refractivity contribution is -0.121. The molecule has 0 saturated heterocycles. The molecular formula is C27H24BrClN4O6S2. The maximum absolute atomic E-state index is 13.3. The van der Waals surface area contributed by atoms with Crippen molar-refractivity contribution in [3.05, 3.63) is 118 Å². The van der Waals surface area contributed by atoms with E-state index >= 15 is 0 Å². The molecule has 0 unspecified atom stereocenters. The lowest BCUT2D eigenvalue weighted by atomic mass is 10.2. The molecule has 0 fully saturated rings. The van der Waals surface area contributed by atoms with Crippen molar-refractivity contribution in [1.82, 2.24) is 14.5 Å². The van der Waals surface area contributed by atoms with Gasteiger partial charge in [-0.15, -0.1) is 0 Å². The van der Waals surface area contributed by atoms with Crippen LogP contribution in [0, 0.1) is 0 Å². The highest BCUT2D eigenvalue weighted by Crippen LogP contribution is 2.21. The lowest BCUT2D eigenvalue weighted by Crippen LogP contribution is -2.39. The summed E-state index contributed by atoms with van der Waals surface area (Å²) in [6.45, 7) is -0.644. The molecule has 4 aromatic rings. The monoisotopic (exact) mass is 678 g/mol. The summed E-state index contributed by atoms with van der Waals surface area (Å²) in [6.07, 6.45) is 1.22. The Kier molecular flexibility index (Phi) is 10.1. The molecule has 0 aliphatic rings. The highest BCUT2D eigenvalue weighted by atomic mass is 79.9. The fourth-order valence-corrected chi connectivity index (χ4v) is 6.32. The molecular weight excluding hydrogens is 656 g/mol. The van der Waals surface area contributed by atoms with Gasteiger partial charge in [-0.25, -0.2) is 27.0 Å². The Bertz CT molecular complexity index is 1730. The number of hydrogen-bond acceptors (Lipinski definition) is 7. The van der Waals surface area contributed by atoms with Crippen LogP contribution in [0.25, 0.3) is 0 Å². The van der Waals surface area contributed by atoms with Gasteiger partial charge in [-0.1, -0.05) is 57.9 Å². The number of hydrogen-bond donors (Lipinski definition) is 2. The molecule has 0 saturated carbocycles. The molecule has 3 aromatic carbocycles. The summed E-state index contributed by atoms with van der Waals surface area (Å²) in [6, 6.07) is 23.8. The van der Waals surface area contributed by atoms with Crippen LogP contribution in [0.5, 0.6) is 0 Å². The van der Waals surface area contributed by atoms with Crippen molar-refractivity contribution >= 4 is 59.7 Å². The highest BCUT2D eigenvalue weighted by Gasteiger charge is 2.27. The third-order valence-corrected chi connectivity index (χ3v) is 9.60. The number of nitrogens with zero attached hydrogens (tertiary/aromatic N) is 2. The van der Waals surface area contributed by atoms with Crippen LogP contribution in [0.3, 0.4) is 0 Å². The predicted molar refractivity (Wildman–Crippen MR) is 158 cm³/mol. The minimum absolute atomic E-state index is 0.00648. The first kappa shape index (κ1) is 30.6. The van der Waals surface area contributed by atoms with E-state index in [1.54, 1.807) is 54.6 Å². The Morgan fingerprint density at radius 3 is 2.24 bits per heavy atom. The average Bonchev–Trinajstić information content (AvgIpc) is 3.40. The number of furan rings is 1. The molecule has 4 rings (SSSR count). The van der Waals surface area contributed by atoms with Gasteiger partial charge in [0.1, 0.15) is 11.5 Å². The van der Waals surface area contributed by atoms with E-state index in [0.717, 1.165) is 8.78 Å². The number of hydrazone groups is 1. The first-order valence-corrected chi connectivity index (χ1v) is 16.1. The third kappa shape index (κ3) is 8.58. The molecule has 1 heterocycles. The number of rotatable bonds is 12. The van der Waals surface area contributed by atoms with Gasteiger partial charge in [0, 0.05) is 16.0 Å². The van der Waals surface area contributed by atoms with E-state index in [2.05, 4.69) is 31.2 Å². The van der Waals surface area contributed by atoms with E-state index in [1.807, 2.05) is 0 Å². The Morgan fingerprint density at radius 2 is 1.56 bits per heavy atom.